The van der Waals surface area contributed by atoms with Gasteiger partial charge in [0.15, 0.2) is 20.5 Å². The van der Waals surface area contributed by atoms with Crippen molar-refractivity contribution in [3.05, 3.63) is 48.5 Å². The topological polar surface area (TPSA) is 137 Å². The van der Waals surface area contributed by atoms with Crippen molar-refractivity contribution in [1.82, 2.24) is 0 Å². The van der Waals surface area contributed by atoms with Crippen molar-refractivity contribution in [3.63, 3.8) is 0 Å². The van der Waals surface area contributed by atoms with E-state index in [9.17, 15) is 14.7 Å². The summed E-state index contributed by atoms with van der Waals surface area (Å²) in [4.78, 5) is 24.6. The van der Waals surface area contributed by atoms with Gasteiger partial charge in [0.25, 0.3) is 0 Å². The van der Waals surface area contributed by atoms with Gasteiger partial charge in [0.1, 0.15) is 35.9 Å². The van der Waals surface area contributed by atoms with Crippen LogP contribution in [0.4, 0.5) is 0 Å². The lowest BCUT2D eigenvalue weighted by molar-refractivity contribution is -0.167. The number of hydrogen-bond acceptors (Lipinski definition) is 12. The molecule has 59 heavy (non-hydrogen) atoms. The molecule has 1 N–H and O–H groups in total. The number of aliphatic hydroxyl groups excluding tert-OH is 1. The first kappa shape index (κ1) is 50.4. The molecular formula is C44H72B2O12Si. The fourth-order valence-electron chi connectivity index (χ4n) is 5.24. The molecule has 0 amide bonds. The summed E-state index contributed by atoms with van der Waals surface area (Å²) in [5, 5.41) is 9.80. The lowest BCUT2D eigenvalue weighted by Gasteiger charge is -2.39. The molecular weight excluding hydrogens is 770 g/mol. The molecule has 0 bridgehead atoms. The van der Waals surface area contributed by atoms with Gasteiger partial charge in [0.2, 0.25) is 0 Å². The molecule has 2 unspecified atom stereocenters. The summed E-state index contributed by atoms with van der Waals surface area (Å²) in [7, 11) is -3.09. The Bertz CT molecular complexity index is 1670. The molecule has 2 aliphatic rings. The van der Waals surface area contributed by atoms with Crippen molar-refractivity contribution < 1.29 is 56.7 Å². The second kappa shape index (κ2) is 18.2. The number of rotatable bonds is 12. The maximum Gasteiger partial charge on any atom is 0.494 e. The van der Waals surface area contributed by atoms with E-state index in [2.05, 4.69) is 33.9 Å². The zero-order valence-electron chi connectivity index (χ0n) is 39.3. The highest BCUT2D eigenvalue weighted by atomic mass is 28.4. The van der Waals surface area contributed by atoms with Gasteiger partial charge in [-0.15, -0.1) is 0 Å². The second-order valence-electron chi connectivity index (χ2n) is 20.9. The number of benzene rings is 2. The van der Waals surface area contributed by atoms with E-state index in [0.717, 1.165) is 10.9 Å². The van der Waals surface area contributed by atoms with Crippen LogP contribution in [-0.2, 0) is 42.1 Å². The zero-order valence-corrected chi connectivity index (χ0v) is 40.3. The van der Waals surface area contributed by atoms with Gasteiger partial charge in [-0.05, 0) is 150 Å². The molecule has 2 aliphatic heterocycles. The van der Waals surface area contributed by atoms with Crippen molar-refractivity contribution in [3.8, 4) is 11.5 Å². The highest BCUT2D eigenvalue weighted by Gasteiger charge is 2.53. The van der Waals surface area contributed by atoms with Crippen LogP contribution >= 0.6 is 0 Å². The first-order valence-corrected chi connectivity index (χ1v) is 23.4. The van der Waals surface area contributed by atoms with Gasteiger partial charge >= 0.3 is 26.2 Å². The van der Waals surface area contributed by atoms with Crippen LogP contribution in [0.15, 0.2) is 48.5 Å². The molecule has 15 heteroatoms. The van der Waals surface area contributed by atoms with Gasteiger partial charge in [-0.1, -0.05) is 45.0 Å². The predicted molar refractivity (Wildman–Crippen MR) is 235 cm³/mol. The first-order chi connectivity index (χ1) is 26.5. The quantitative estimate of drug-likeness (QED) is 0.172. The molecule has 2 aromatic carbocycles. The zero-order chi connectivity index (χ0) is 45.2. The summed E-state index contributed by atoms with van der Waals surface area (Å²) >= 11 is 0. The van der Waals surface area contributed by atoms with E-state index < -0.39 is 80.3 Å². The molecule has 12 nitrogen and oxygen atoms in total. The Morgan fingerprint density at radius 1 is 0.593 bits per heavy atom. The van der Waals surface area contributed by atoms with E-state index >= 15 is 0 Å². The van der Waals surface area contributed by atoms with E-state index in [1.807, 2.05) is 113 Å². The van der Waals surface area contributed by atoms with Crippen molar-refractivity contribution in [2.24, 2.45) is 0 Å². The molecule has 2 heterocycles. The van der Waals surface area contributed by atoms with Crippen molar-refractivity contribution >= 4 is 45.4 Å². The van der Waals surface area contributed by atoms with Gasteiger partial charge in [0, 0.05) is 0 Å². The van der Waals surface area contributed by atoms with Crippen LogP contribution in [0.3, 0.4) is 0 Å². The second-order valence-corrected chi connectivity index (χ2v) is 25.6. The van der Waals surface area contributed by atoms with Gasteiger partial charge in [-0.3, -0.25) is 0 Å². The number of esters is 2. The Morgan fingerprint density at radius 3 is 1.24 bits per heavy atom. The number of carbonyl (C=O) groups is 2. The summed E-state index contributed by atoms with van der Waals surface area (Å²) in [5.74, 6) is 0.0723. The Morgan fingerprint density at radius 2 is 0.915 bits per heavy atom. The maximum absolute atomic E-state index is 12.9. The fraction of sp³-hybridized carbons (Fsp3) is 0.682. The third-order valence-electron chi connectivity index (χ3n) is 11.2. The van der Waals surface area contributed by atoms with E-state index in [1.54, 1.807) is 32.9 Å². The number of aliphatic hydroxyl groups is 1. The van der Waals surface area contributed by atoms with E-state index in [1.165, 1.54) is 0 Å². The van der Waals surface area contributed by atoms with Crippen LogP contribution in [0.25, 0.3) is 0 Å². The van der Waals surface area contributed by atoms with Gasteiger partial charge in [-0.25, -0.2) is 9.59 Å². The predicted octanol–water partition coefficient (Wildman–Crippen LogP) is 7.16. The minimum atomic E-state index is -2.21. The molecule has 2 atom stereocenters. The molecule has 2 saturated heterocycles. The SMILES string of the molecule is CC(C)(C)OC(=O)C(COc1ccc(B2OC(C)(C)C(C)(C)O2)cc1)O[Si](C)(C)C(C)(C)C.CC(C)(C)OC(=O)C(O)COc1ccc(B2OC(C)(C)C(C)(C)O2)cc1. The van der Waals surface area contributed by atoms with Crippen LogP contribution in [-0.4, -0.2) is 98.6 Å². The van der Waals surface area contributed by atoms with Gasteiger partial charge in [0.05, 0.1) is 22.4 Å². The highest BCUT2D eigenvalue weighted by Crippen LogP contribution is 2.39. The Hall–Kier alpha value is -2.91. The average Bonchev–Trinajstić information content (AvgIpc) is 3.43. The van der Waals surface area contributed by atoms with Gasteiger partial charge < -0.3 is 47.1 Å². The summed E-state index contributed by atoms with van der Waals surface area (Å²) in [6.07, 6.45) is -2.13. The smallest absolute Gasteiger partial charge is 0.490 e. The minimum Gasteiger partial charge on any atom is -0.490 e. The Labute approximate surface area is 356 Å². The summed E-state index contributed by atoms with van der Waals surface area (Å²) < 4.78 is 52.8. The summed E-state index contributed by atoms with van der Waals surface area (Å²) in [6.45, 7) is 37.5. The first-order valence-electron chi connectivity index (χ1n) is 20.5. The number of hydrogen-bond donors (Lipinski definition) is 1. The highest BCUT2D eigenvalue weighted by molar-refractivity contribution is 6.74. The van der Waals surface area contributed by atoms with Crippen molar-refractivity contribution in [2.75, 3.05) is 13.2 Å². The van der Waals surface area contributed by atoms with E-state index in [0.29, 0.717) is 11.5 Å². The molecule has 0 radical (unpaired) electrons. The van der Waals surface area contributed by atoms with Gasteiger partial charge in [-0.2, -0.15) is 0 Å². The number of ether oxygens (including phenoxy) is 4. The molecule has 4 rings (SSSR count). The molecule has 0 aromatic heterocycles. The normalized spacial score (nSPS) is 19.6. The lowest BCUT2D eigenvalue weighted by Crippen LogP contribution is -2.49. The monoisotopic (exact) mass is 842 g/mol. The molecule has 0 aliphatic carbocycles. The molecule has 2 aromatic rings. The van der Waals surface area contributed by atoms with Crippen LogP contribution in [0.5, 0.6) is 11.5 Å². The summed E-state index contributed by atoms with van der Waals surface area (Å²) in [5.41, 5.74) is -1.04. The van der Waals surface area contributed by atoms with Crippen LogP contribution < -0.4 is 20.4 Å². The molecule has 0 saturated carbocycles. The fourth-order valence-corrected chi connectivity index (χ4v) is 6.46. The Kier molecular flexibility index (Phi) is 15.6. The lowest BCUT2D eigenvalue weighted by atomic mass is 9.79. The summed E-state index contributed by atoms with van der Waals surface area (Å²) in [6, 6.07) is 14.8. The molecule has 2 fully saturated rings. The van der Waals surface area contributed by atoms with E-state index in [4.69, 9.17) is 42.0 Å². The average molecular weight is 843 g/mol. The molecule has 330 valence electrons. The third-order valence-corrected chi connectivity index (χ3v) is 15.7. The Balaban J connectivity index is 0.000000324. The van der Waals surface area contributed by atoms with Crippen LogP contribution in [0.2, 0.25) is 18.1 Å². The maximum atomic E-state index is 12.9. The molecule has 0 spiro atoms. The van der Waals surface area contributed by atoms with E-state index in [-0.39, 0.29) is 18.3 Å². The van der Waals surface area contributed by atoms with Crippen LogP contribution in [0, 0.1) is 0 Å². The number of carbonyl (C=O) groups excluding carboxylic acids is 2. The third kappa shape index (κ3) is 14.1. The minimum absolute atomic E-state index is 0.0439. The van der Waals surface area contributed by atoms with Crippen molar-refractivity contribution in [2.45, 2.75) is 182 Å². The van der Waals surface area contributed by atoms with Crippen LogP contribution in [0.1, 0.15) is 118 Å². The standard InChI is InChI=1S/C25H43BO6Si.C19H29BO6/c1-22(2,3)29-21(27)20(30-33(11,12)23(4,5)6)17-28-19-15-13-18(14-16-19)26-31-24(7,8)25(9,10)32-26;1-17(2,3)24-16(22)15(21)12-23-14-10-8-13(9-11-14)20-25-18(4,5)19(6,7)26-20/h13-16,20H,17H2,1-12H3;8-11,15,21H,12H2,1-7H3. The largest absolute Gasteiger partial charge is 0.494 e. The van der Waals surface area contributed by atoms with Crippen molar-refractivity contribution in [1.29, 1.82) is 0 Å².